The number of hydrogen-bond donors (Lipinski definition) is 1. The fraction of sp³-hybridized carbons (Fsp3) is 0.500. The number of carbonyl (C=O) groups excluding carboxylic acids is 1. The summed E-state index contributed by atoms with van der Waals surface area (Å²) < 4.78 is 10.6. The van der Waals surface area contributed by atoms with Gasteiger partial charge in [0.1, 0.15) is 6.61 Å². The average molecular weight is 308 g/mol. The maximum absolute atomic E-state index is 10.8. The number of thiophene rings is 1. The van der Waals surface area contributed by atoms with Gasteiger partial charge in [0.25, 0.3) is 0 Å². The molecule has 0 bridgehead atoms. The predicted octanol–water partition coefficient (Wildman–Crippen LogP) is 2.01. The normalized spacial score (nSPS) is 12.5. The smallest absolute Gasteiger partial charge is 0.331 e. The molecule has 0 saturated heterocycles. The Balaban J connectivity index is 2.40. The van der Waals surface area contributed by atoms with Crippen molar-refractivity contribution in [3.8, 4) is 0 Å². The summed E-state index contributed by atoms with van der Waals surface area (Å²) in [4.78, 5) is 13.0. The van der Waals surface area contributed by atoms with Crippen molar-refractivity contribution in [2.24, 2.45) is 5.73 Å². The number of esters is 1. The van der Waals surface area contributed by atoms with Crippen LogP contribution in [0.15, 0.2) is 10.5 Å². The zero-order valence-electron chi connectivity index (χ0n) is 9.16. The summed E-state index contributed by atoms with van der Waals surface area (Å²) >= 11 is 5.05. The molecule has 1 unspecified atom stereocenters. The summed E-state index contributed by atoms with van der Waals surface area (Å²) in [6, 6.07) is 1.77. The molecule has 1 aromatic heterocycles. The van der Waals surface area contributed by atoms with E-state index >= 15 is 0 Å². The van der Waals surface area contributed by atoms with Gasteiger partial charge in [0.15, 0.2) is 0 Å². The summed E-state index contributed by atoms with van der Waals surface area (Å²) in [7, 11) is 1.32. The van der Waals surface area contributed by atoms with Gasteiger partial charge in [-0.15, -0.1) is 11.3 Å². The lowest BCUT2D eigenvalue weighted by molar-refractivity contribution is -0.146. The minimum absolute atomic E-state index is 0.0598. The van der Waals surface area contributed by atoms with E-state index in [9.17, 15) is 4.79 Å². The molecule has 0 aromatic carbocycles. The van der Waals surface area contributed by atoms with Gasteiger partial charge in [-0.2, -0.15) is 0 Å². The highest BCUT2D eigenvalue weighted by atomic mass is 79.9. The minimum atomic E-state index is -0.393. The molecule has 0 amide bonds. The monoisotopic (exact) mass is 307 g/mol. The van der Waals surface area contributed by atoms with E-state index in [-0.39, 0.29) is 12.6 Å². The van der Waals surface area contributed by atoms with Crippen LogP contribution in [0.5, 0.6) is 0 Å². The molecule has 4 nitrogen and oxygen atoms in total. The fourth-order valence-electron chi connectivity index (χ4n) is 1.07. The van der Waals surface area contributed by atoms with E-state index in [0.29, 0.717) is 6.61 Å². The third-order valence-electron chi connectivity index (χ3n) is 1.99. The maximum atomic E-state index is 10.8. The van der Waals surface area contributed by atoms with Crippen LogP contribution in [0.2, 0.25) is 0 Å². The van der Waals surface area contributed by atoms with Gasteiger partial charge in [0.05, 0.1) is 19.8 Å². The highest BCUT2D eigenvalue weighted by molar-refractivity contribution is 9.10. The first-order valence-electron chi connectivity index (χ1n) is 4.70. The van der Waals surface area contributed by atoms with Gasteiger partial charge in [-0.25, -0.2) is 4.79 Å². The lowest BCUT2D eigenvalue weighted by atomic mass is 10.3. The van der Waals surface area contributed by atoms with Crippen LogP contribution < -0.4 is 5.73 Å². The summed E-state index contributed by atoms with van der Waals surface area (Å²) in [6.07, 6.45) is 0. The van der Waals surface area contributed by atoms with Crippen LogP contribution in [0.25, 0.3) is 0 Å². The Bertz CT molecular complexity index is 347. The summed E-state index contributed by atoms with van der Waals surface area (Å²) in [5.41, 5.74) is 5.92. The molecule has 0 radical (unpaired) electrons. The molecule has 0 saturated carbocycles. The SMILES string of the molecule is COC(=O)COCC(N)c1cc(Br)c(C)s1. The molecule has 0 aliphatic rings. The van der Waals surface area contributed by atoms with E-state index in [1.54, 1.807) is 11.3 Å². The molecule has 0 fully saturated rings. The molecular weight excluding hydrogens is 294 g/mol. The number of aryl methyl sites for hydroxylation is 1. The zero-order chi connectivity index (χ0) is 12.1. The van der Waals surface area contributed by atoms with Crippen molar-refractivity contribution in [3.05, 3.63) is 20.3 Å². The Morgan fingerprint density at radius 2 is 2.38 bits per heavy atom. The van der Waals surface area contributed by atoms with Crippen molar-refractivity contribution in [1.29, 1.82) is 0 Å². The number of ether oxygens (including phenoxy) is 2. The van der Waals surface area contributed by atoms with E-state index in [2.05, 4.69) is 20.7 Å². The average Bonchev–Trinajstić information content (AvgIpc) is 2.59. The molecule has 1 rings (SSSR count). The molecule has 0 aliphatic carbocycles. The molecule has 1 aromatic rings. The first-order chi connectivity index (χ1) is 7.54. The summed E-state index contributed by atoms with van der Waals surface area (Å²) in [5.74, 6) is -0.393. The second kappa shape index (κ2) is 6.34. The van der Waals surface area contributed by atoms with Crippen molar-refractivity contribution in [2.75, 3.05) is 20.3 Å². The standard InChI is InChI=1S/C10H14BrNO3S/c1-6-7(11)3-9(16-6)8(12)4-15-5-10(13)14-2/h3,8H,4-5,12H2,1-2H3. The van der Waals surface area contributed by atoms with Crippen molar-refractivity contribution < 1.29 is 14.3 Å². The van der Waals surface area contributed by atoms with Crippen LogP contribution >= 0.6 is 27.3 Å². The van der Waals surface area contributed by atoms with Gasteiger partial charge in [-0.1, -0.05) is 0 Å². The number of nitrogens with two attached hydrogens (primary N) is 1. The molecule has 6 heteroatoms. The second-order valence-corrected chi connectivity index (χ2v) is 5.39. The molecular formula is C10H14BrNO3S. The van der Waals surface area contributed by atoms with E-state index in [1.807, 2.05) is 13.0 Å². The van der Waals surface area contributed by atoms with Gasteiger partial charge in [-0.3, -0.25) is 0 Å². The molecule has 1 atom stereocenters. The molecule has 0 spiro atoms. The molecule has 0 aliphatic heterocycles. The van der Waals surface area contributed by atoms with Crippen LogP contribution in [0.3, 0.4) is 0 Å². The third kappa shape index (κ3) is 3.86. The van der Waals surface area contributed by atoms with E-state index in [0.717, 1.165) is 9.35 Å². The Morgan fingerprint density at radius 1 is 1.69 bits per heavy atom. The van der Waals surface area contributed by atoms with Crippen LogP contribution in [-0.4, -0.2) is 26.3 Å². The Morgan fingerprint density at radius 3 is 2.88 bits per heavy atom. The first-order valence-corrected chi connectivity index (χ1v) is 6.31. The Kier molecular flexibility index (Phi) is 5.40. The highest BCUT2D eigenvalue weighted by Crippen LogP contribution is 2.29. The van der Waals surface area contributed by atoms with Gasteiger partial charge in [-0.05, 0) is 28.9 Å². The van der Waals surface area contributed by atoms with Crippen LogP contribution in [0.4, 0.5) is 0 Å². The number of carbonyl (C=O) groups is 1. The Hall–Kier alpha value is -0.430. The number of hydrogen-bond acceptors (Lipinski definition) is 5. The van der Waals surface area contributed by atoms with E-state index < -0.39 is 5.97 Å². The quantitative estimate of drug-likeness (QED) is 0.845. The maximum Gasteiger partial charge on any atom is 0.331 e. The summed E-state index contributed by atoms with van der Waals surface area (Å²) in [5, 5.41) is 0. The number of methoxy groups -OCH3 is 1. The summed E-state index contributed by atoms with van der Waals surface area (Å²) in [6.45, 7) is 2.26. The van der Waals surface area contributed by atoms with Gasteiger partial charge in [0.2, 0.25) is 0 Å². The van der Waals surface area contributed by atoms with Crippen molar-refractivity contribution in [3.63, 3.8) is 0 Å². The molecule has 2 N–H and O–H groups in total. The predicted molar refractivity (Wildman–Crippen MR) is 66.5 cm³/mol. The van der Waals surface area contributed by atoms with Crippen LogP contribution in [-0.2, 0) is 14.3 Å². The lowest BCUT2D eigenvalue weighted by Gasteiger charge is -2.09. The van der Waals surface area contributed by atoms with Crippen molar-refractivity contribution in [2.45, 2.75) is 13.0 Å². The second-order valence-electron chi connectivity index (χ2n) is 3.25. The van der Waals surface area contributed by atoms with Crippen molar-refractivity contribution in [1.82, 2.24) is 0 Å². The van der Waals surface area contributed by atoms with Gasteiger partial charge in [0, 0.05) is 14.2 Å². The fourth-order valence-corrected chi connectivity index (χ4v) is 2.62. The highest BCUT2D eigenvalue weighted by Gasteiger charge is 2.12. The van der Waals surface area contributed by atoms with E-state index in [1.165, 1.54) is 12.0 Å². The minimum Gasteiger partial charge on any atom is -0.467 e. The molecule has 90 valence electrons. The van der Waals surface area contributed by atoms with Gasteiger partial charge < -0.3 is 15.2 Å². The number of halogens is 1. The van der Waals surface area contributed by atoms with E-state index in [4.69, 9.17) is 10.5 Å². The zero-order valence-corrected chi connectivity index (χ0v) is 11.6. The first kappa shape index (κ1) is 13.6. The number of rotatable bonds is 5. The largest absolute Gasteiger partial charge is 0.467 e. The Labute approximate surface area is 107 Å². The van der Waals surface area contributed by atoms with Gasteiger partial charge >= 0.3 is 5.97 Å². The topological polar surface area (TPSA) is 61.5 Å². The van der Waals surface area contributed by atoms with Crippen molar-refractivity contribution >= 4 is 33.2 Å². The molecule has 16 heavy (non-hydrogen) atoms. The van der Waals surface area contributed by atoms with Crippen LogP contribution in [0.1, 0.15) is 15.8 Å². The molecule has 1 heterocycles. The lowest BCUT2D eigenvalue weighted by Crippen LogP contribution is -2.19. The third-order valence-corrected chi connectivity index (χ3v) is 4.26. The van der Waals surface area contributed by atoms with Crippen LogP contribution in [0, 0.1) is 6.92 Å².